The van der Waals surface area contributed by atoms with Crippen molar-refractivity contribution in [2.75, 3.05) is 13.7 Å². The van der Waals surface area contributed by atoms with Crippen LogP contribution < -0.4 is 10.5 Å². The fourth-order valence-electron chi connectivity index (χ4n) is 2.28. The number of benzene rings is 1. The molecule has 2 nitrogen and oxygen atoms in total. The first-order chi connectivity index (χ1) is 8.51. The zero-order chi connectivity index (χ0) is 13.7. The van der Waals surface area contributed by atoms with Gasteiger partial charge < -0.3 is 10.5 Å². The maximum Gasteiger partial charge on any atom is 0.125 e. The van der Waals surface area contributed by atoms with E-state index in [-0.39, 0.29) is 0 Å². The molecular formula is C16H27NO. The molecule has 102 valence electrons. The summed E-state index contributed by atoms with van der Waals surface area (Å²) in [6, 6.07) is 4.57. The summed E-state index contributed by atoms with van der Waals surface area (Å²) < 4.78 is 5.63. The minimum absolute atomic E-state index is 0.482. The van der Waals surface area contributed by atoms with Gasteiger partial charge in [-0.25, -0.2) is 0 Å². The van der Waals surface area contributed by atoms with E-state index in [1.807, 2.05) is 0 Å². The Bertz CT molecular complexity index is 354. The minimum atomic E-state index is 0.482. The van der Waals surface area contributed by atoms with Crippen LogP contribution in [-0.4, -0.2) is 13.7 Å². The van der Waals surface area contributed by atoms with Crippen LogP contribution >= 0.6 is 0 Å². The van der Waals surface area contributed by atoms with Gasteiger partial charge in [0.2, 0.25) is 0 Å². The SMILES string of the molecule is COc1c(C(C)C)cc(CCCN)cc1C(C)C. The summed E-state index contributed by atoms with van der Waals surface area (Å²) in [6.45, 7) is 9.62. The number of methoxy groups -OCH3 is 1. The van der Waals surface area contributed by atoms with Gasteiger partial charge in [-0.3, -0.25) is 0 Å². The molecule has 0 spiro atoms. The van der Waals surface area contributed by atoms with Gasteiger partial charge in [0.1, 0.15) is 5.75 Å². The molecule has 1 aromatic rings. The highest BCUT2D eigenvalue weighted by atomic mass is 16.5. The Morgan fingerprint density at radius 1 is 1.06 bits per heavy atom. The number of hydrogen-bond acceptors (Lipinski definition) is 2. The van der Waals surface area contributed by atoms with Gasteiger partial charge in [0.15, 0.2) is 0 Å². The lowest BCUT2D eigenvalue weighted by Gasteiger charge is -2.20. The van der Waals surface area contributed by atoms with Gasteiger partial charge in [0, 0.05) is 0 Å². The molecule has 1 aromatic carbocycles. The minimum Gasteiger partial charge on any atom is -0.496 e. The summed E-state index contributed by atoms with van der Waals surface area (Å²) in [6.07, 6.45) is 2.10. The van der Waals surface area contributed by atoms with Gasteiger partial charge in [-0.1, -0.05) is 39.8 Å². The lowest BCUT2D eigenvalue weighted by atomic mass is 9.90. The van der Waals surface area contributed by atoms with Crippen LogP contribution in [-0.2, 0) is 6.42 Å². The molecule has 0 saturated carbocycles. The van der Waals surface area contributed by atoms with Crippen molar-refractivity contribution in [1.29, 1.82) is 0 Å². The molecule has 0 unspecified atom stereocenters. The van der Waals surface area contributed by atoms with Crippen LogP contribution in [0.25, 0.3) is 0 Å². The second-order valence-electron chi connectivity index (χ2n) is 5.51. The zero-order valence-electron chi connectivity index (χ0n) is 12.4. The molecule has 0 atom stereocenters. The second kappa shape index (κ2) is 6.79. The number of nitrogens with two attached hydrogens (primary N) is 1. The first kappa shape index (κ1) is 15.0. The van der Waals surface area contributed by atoms with E-state index in [0.717, 1.165) is 25.1 Å². The van der Waals surface area contributed by atoms with Crippen LogP contribution in [0.3, 0.4) is 0 Å². The van der Waals surface area contributed by atoms with Crippen LogP contribution in [0.2, 0.25) is 0 Å². The number of aryl methyl sites for hydroxylation is 1. The monoisotopic (exact) mass is 249 g/mol. The van der Waals surface area contributed by atoms with Gasteiger partial charge in [0.25, 0.3) is 0 Å². The van der Waals surface area contributed by atoms with Gasteiger partial charge in [-0.15, -0.1) is 0 Å². The first-order valence-corrected chi connectivity index (χ1v) is 6.92. The number of hydrogen-bond donors (Lipinski definition) is 1. The Labute approximate surface area is 112 Å². The van der Waals surface area contributed by atoms with Crippen molar-refractivity contribution in [3.8, 4) is 5.75 Å². The lowest BCUT2D eigenvalue weighted by Crippen LogP contribution is -2.05. The summed E-state index contributed by atoms with van der Waals surface area (Å²) in [5.74, 6) is 2.03. The zero-order valence-corrected chi connectivity index (χ0v) is 12.4. The molecule has 0 aliphatic rings. The molecular weight excluding hydrogens is 222 g/mol. The molecule has 0 bridgehead atoms. The predicted molar refractivity (Wildman–Crippen MR) is 78.5 cm³/mol. The third-order valence-corrected chi connectivity index (χ3v) is 3.32. The molecule has 2 N–H and O–H groups in total. The summed E-state index contributed by atoms with van der Waals surface area (Å²) in [4.78, 5) is 0. The van der Waals surface area contributed by atoms with Crippen molar-refractivity contribution in [2.45, 2.75) is 52.4 Å². The van der Waals surface area contributed by atoms with E-state index in [1.54, 1.807) is 7.11 Å². The van der Waals surface area contributed by atoms with Crippen molar-refractivity contribution in [3.05, 3.63) is 28.8 Å². The third kappa shape index (κ3) is 3.49. The van der Waals surface area contributed by atoms with E-state index in [0.29, 0.717) is 11.8 Å². The largest absolute Gasteiger partial charge is 0.496 e. The molecule has 0 aliphatic carbocycles. The molecule has 0 radical (unpaired) electrons. The van der Waals surface area contributed by atoms with Crippen LogP contribution in [0.1, 0.15) is 62.6 Å². The molecule has 0 aromatic heterocycles. The molecule has 0 aliphatic heterocycles. The van der Waals surface area contributed by atoms with Crippen molar-refractivity contribution in [1.82, 2.24) is 0 Å². The normalized spacial score (nSPS) is 11.3. The fraction of sp³-hybridized carbons (Fsp3) is 0.625. The Morgan fingerprint density at radius 2 is 1.56 bits per heavy atom. The maximum atomic E-state index is 5.63. The van der Waals surface area contributed by atoms with Crippen molar-refractivity contribution in [3.63, 3.8) is 0 Å². The number of ether oxygens (including phenoxy) is 1. The molecule has 1 rings (SSSR count). The molecule has 0 amide bonds. The predicted octanol–water partition coefficient (Wildman–Crippen LogP) is 3.83. The summed E-state index contributed by atoms with van der Waals surface area (Å²) in [7, 11) is 1.77. The molecule has 0 heterocycles. The lowest BCUT2D eigenvalue weighted by molar-refractivity contribution is 0.400. The van der Waals surface area contributed by atoms with Gasteiger partial charge in [-0.05, 0) is 47.9 Å². The van der Waals surface area contributed by atoms with E-state index in [4.69, 9.17) is 10.5 Å². The highest BCUT2D eigenvalue weighted by molar-refractivity contribution is 5.47. The summed E-state index contributed by atoms with van der Waals surface area (Å²) in [5, 5.41) is 0. The highest BCUT2D eigenvalue weighted by Crippen LogP contribution is 2.35. The Balaban J connectivity index is 3.25. The van der Waals surface area contributed by atoms with E-state index < -0.39 is 0 Å². The molecule has 0 fully saturated rings. The van der Waals surface area contributed by atoms with Gasteiger partial charge in [-0.2, -0.15) is 0 Å². The Kier molecular flexibility index (Phi) is 5.67. The Hall–Kier alpha value is -1.02. The smallest absolute Gasteiger partial charge is 0.125 e. The van der Waals surface area contributed by atoms with Crippen molar-refractivity contribution in [2.24, 2.45) is 5.73 Å². The third-order valence-electron chi connectivity index (χ3n) is 3.32. The van der Waals surface area contributed by atoms with E-state index in [2.05, 4.69) is 39.8 Å². The van der Waals surface area contributed by atoms with E-state index in [9.17, 15) is 0 Å². The average molecular weight is 249 g/mol. The van der Waals surface area contributed by atoms with Crippen molar-refractivity contribution >= 4 is 0 Å². The maximum absolute atomic E-state index is 5.63. The quantitative estimate of drug-likeness (QED) is 0.831. The van der Waals surface area contributed by atoms with Crippen molar-refractivity contribution < 1.29 is 4.74 Å². The Morgan fingerprint density at radius 3 is 1.89 bits per heavy atom. The fourth-order valence-corrected chi connectivity index (χ4v) is 2.28. The second-order valence-corrected chi connectivity index (χ2v) is 5.51. The summed E-state index contributed by atoms with van der Waals surface area (Å²) >= 11 is 0. The van der Waals surface area contributed by atoms with Gasteiger partial charge >= 0.3 is 0 Å². The van der Waals surface area contributed by atoms with Crippen LogP contribution in [0.15, 0.2) is 12.1 Å². The topological polar surface area (TPSA) is 35.2 Å². The molecule has 0 saturated heterocycles. The van der Waals surface area contributed by atoms with Gasteiger partial charge in [0.05, 0.1) is 7.11 Å². The highest BCUT2D eigenvalue weighted by Gasteiger charge is 2.16. The molecule has 18 heavy (non-hydrogen) atoms. The summed E-state index contributed by atoms with van der Waals surface area (Å²) in [5.41, 5.74) is 9.62. The first-order valence-electron chi connectivity index (χ1n) is 6.92. The average Bonchev–Trinajstić information content (AvgIpc) is 2.34. The van der Waals surface area contributed by atoms with Crippen LogP contribution in [0, 0.1) is 0 Å². The molecule has 2 heteroatoms. The van der Waals surface area contributed by atoms with E-state index in [1.165, 1.54) is 16.7 Å². The van der Waals surface area contributed by atoms with Crippen LogP contribution in [0.5, 0.6) is 5.75 Å². The van der Waals surface area contributed by atoms with E-state index >= 15 is 0 Å². The standard InChI is InChI=1S/C16H27NO/c1-11(2)14-9-13(7-6-8-17)10-15(12(3)4)16(14)18-5/h9-12H,6-8,17H2,1-5H3. The number of rotatable bonds is 6. The van der Waals surface area contributed by atoms with Crippen LogP contribution in [0.4, 0.5) is 0 Å².